The summed E-state index contributed by atoms with van der Waals surface area (Å²) in [5, 5.41) is 5.75. The number of benzene rings is 2. The van der Waals surface area contributed by atoms with Gasteiger partial charge < -0.3 is 11.1 Å². The first-order chi connectivity index (χ1) is 9.33. The summed E-state index contributed by atoms with van der Waals surface area (Å²) >= 11 is 0. The van der Waals surface area contributed by atoms with Crippen LogP contribution >= 0.6 is 0 Å². The van der Waals surface area contributed by atoms with Crippen molar-refractivity contribution in [2.45, 2.75) is 6.54 Å². The predicted molar refractivity (Wildman–Crippen MR) is 77.7 cm³/mol. The molecule has 2 aromatic carbocycles. The van der Waals surface area contributed by atoms with E-state index in [2.05, 4.69) is 51.7 Å². The molecule has 0 amide bonds. The van der Waals surface area contributed by atoms with Gasteiger partial charge in [-0.2, -0.15) is 0 Å². The van der Waals surface area contributed by atoms with Crippen molar-refractivity contribution in [3.63, 3.8) is 0 Å². The highest BCUT2D eigenvalue weighted by Gasteiger charge is 2.01. The first-order valence-corrected chi connectivity index (χ1v) is 6.11. The number of hydrogen-bond donors (Lipinski definition) is 2. The summed E-state index contributed by atoms with van der Waals surface area (Å²) in [6, 6.07) is 16.3. The van der Waals surface area contributed by atoms with Gasteiger partial charge in [0.2, 0.25) is 0 Å². The van der Waals surface area contributed by atoms with Gasteiger partial charge in [-0.1, -0.05) is 42.5 Å². The molecule has 3 aromatic rings. The van der Waals surface area contributed by atoms with Crippen LogP contribution in [0.4, 0.5) is 11.6 Å². The van der Waals surface area contributed by atoms with Gasteiger partial charge >= 0.3 is 0 Å². The minimum absolute atomic E-state index is 0.468. The van der Waals surface area contributed by atoms with Gasteiger partial charge in [0.1, 0.15) is 18.0 Å². The van der Waals surface area contributed by atoms with Gasteiger partial charge in [-0.05, 0) is 16.3 Å². The minimum atomic E-state index is 0.468. The maximum atomic E-state index is 5.63. The molecule has 0 saturated heterocycles. The van der Waals surface area contributed by atoms with Crippen molar-refractivity contribution in [2.24, 2.45) is 0 Å². The zero-order valence-electron chi connectivity index (χ0n) is 10.4. The lowest BCUT2D eigenvalue weighted by molar-refractivity contribution is 1.09. The molecule has 0 unspecified atom stereocenters. The fourth-order valence-corrected chi connectivity index (χ4v) is 2.10. The number of nitrogen functional groups attached to an aromatic ring is 1. The van der Waals surface area contributed by atoms with Crippen molar-refractivity contribution in [3.05, 3.63) is 60.4 Å². The van der Waals surface area contributed by atoms with Gasteiger partial charge in [-0.25, -0.2) is 9.97 Å². The molecular weight excluding hydrogens is 236 g/mol. The summed E-state index contributed by atoms with van der Waals surface area (Å²) in [5.41, 5.74) is 6.86. The molecule has 0 aliphatic carbocycles. The number of nitrogens with two attached hydrogens (primary N) is 1. The molecule has 1 aromatic heterocycles. The van der Waals surface area contributed by atoms with Crippen LogP contribution in [0, 0.1) is 0 Å². The van der Waals surface area contributed by atoms with Crippen LogP contribution in [0.3, 0.4) is 0 Å². The number of fused-ring (bicyclic) bond motifs is 1. The molecule has 0 saturated carbocycles. The van der Waals surface area contributed by atoms with Crippen LogP contribution in [0.15, 0.2) is 54.9 Å². The summed E-state index contributed by atoms with van der Waals surface area (Å²) in [7, 11) is 0. The second-order valence-corrected chi connectivity index (χ2v) is 4.32. The Kier molecular flexibility index (Phi) is 2.98. The predicted octanol–water partition coefficient (Wildman–Crippen LogP) is 2.82. The maximum Gasteiger partial charge on any atom is 0.131 e. The minimum Gasteiger partial charge on any atom is -0.384 e. The van der Waals surface area contributed by atoms with E-state index in [4.69, 9.17) is 5.73 Å². The fraction of sp³-hybridized carbons (Fsp3) is 0.0667. The first kappa shape index (κ1) is 11.5. The molecule has 19 heavy (non-hydrogen) atoms. The topological polar surface area (TPSA) is 63.8 Å². The van der Waals surface area contributed by atoms with E-state index in [-0.39, 0.29) is 0 Å². The SMILES string of the molecule is Nc1cc(NCc2cccc3ccccc23)ncn1. The highest BCUT2D eigenvalue weighted by molar-refractivity contribution is 5.85. The van der Waals surface area contributed by atoms with Gasteiger partial charge in [0.25, 0.3) is 0 Å². The number of rotatable bonds is 3. The van der Waals surface area contributed by atoms with Gasteiger partial charge in [0.15, 0.2) is 0 Å². The molecular formula is C15H14N4. The number of nitrogens with one attached hydrogen (secondary N) is 1. The van der Waals surface area contributed by atoms with Crippen molar-refractivity contribution in [1.29, 1.82) is 0 Å². The lowest BCUT2D eigenvalue weighted by atomic mass is 10.0. The van der Waals surface area contributed by atoms with Gasteiger partial charge in [-0.15, -0.1) is 0 Å². The molecule has 1 heterocycles. The molecule has 4 nitrogen and oxygen atoms in total. The van der Waals surface area contributed by atoms with Crippen LogP contribution < -0.4 is 11.1 Å². The van der Waals surface area contributed by atoms with Crippen LogP contribution in [-0.4, -0.2) is 9.97 Å². The smallest absolute Gasteiger partial charge is 0.131 e. The van der Waals surface area contributed by atoms with E-state index in [0.717, 1.165) is 5.82 Å². The second-order valence-electron chi connectivity index (χ2n) is 4.32. The molecule has 0 bridgehead atoms. The number of anilines is 2. The number of hydrogen-bond acceptors (Lipinski definition) is 4. The maximum absolute atomic E-state index is 5.63. The van der Waals surface area contributed by atoms with E-state index in [1.54, 1.807) is 6.07 Å². The average Bonchev–Trinajstić information content (AvgIpc) is 2.45. The third-order valence-electron chi connectivity index (χ3n) is 3.03. The van der Waals surface area contributed by atoms with E-state index < -0.39 is 0 Å². The molecule has 0 aliphatic heterocycles. The van der Waals surface area contributed by atoms with Crippen LogP contribution in [0.25, 0.3) is 10.8 Å². The Hall–Kier alpha value is -2.62. The molecule has 0 atom stereocenters. The van der Waals surface area contributed by atoms with Crippen molar-refractivity contribution < 1.29 is 0 Å². The summed E-state index contributed by atoms with van der Waals surface area (Å²) in [6.07, 6.45) is 1.46. The quantitative estimate of drug-likeness (QED) is 0.750. The normalized spacial score (nSPS) is 10.5. The second kappa shape index (κ2) is 4.94. The van der Waals surface area contributed by atoms with Gasteiger partial charge in [-0.3, -0.25) is 0 Å². The van der Waals surface area contributed by atoms with Crippen LogP contribution in [0.2, 0.25) is 0 Å². The number of aromatic nitrogens is 2. The largest absolute Gasteiger partial charge is 0.384 e. The highest BCUT2D eigenvalue weighted by Crippen LogP contribution is 2.19. The molecule has 4 heteroatoms. The van der Waals surface area contributed by atoms with E-state index in [1.807, 2.05) is 6.07 Å². The zero-order chi connectivity index (χ0) is 13.1. The Morgan fingerprint density at radius 1 is 1.00 bits per heavy atom. The van der Waals surface area contributed by atoms with E-state index in [0.29, 0.717) is 12.4 Å². The molecule has 94 valence electrons. The third-order valence-corrected chi connectivity index (χ3v) is 3.03. The van der Waals surface area contributed by atoms with E-state index in [9.17, 15) is 0 Å². The van der Waals surface area contributed by atoms with Crippen molar-refractivity contribution in [3.8, 4) is 0 Å². The van der Waals surface area contributed by atoms with Crippen LogP contribution in [-0.2, 0) is 6.54 Å². The Morgan fingerprint density at radius 3 is 2.74 bits per heavy atom. The number of nitrogens with zero attached hydrogens (tertiary/aromatic N) is 2. The molecule has 3 rings (SSSR count). The molecule has 0 fully saturated rings. The summed E-state index contributed by atoms with van der Waals surface area (Å²) < 4.78 is 0. The van der Waals surface area contributed by atoms with Gasteiger partial charge in [0, 0.05) is 12.6 Å². The molecule has 0 radical (unpaired) electrons. The Bertz CT molecular complexity index is 704. The fourth-order valence-electron chi connectivity index (χ4n) is 2.10. The van der Waals surface area contributed by atoms with E-state index in [1.165, 1.54) is 22.7 Å². The van der Waals surface area contributed by atoms with Crippen molar-refractivity contribution in [1.82, 2.24) is 9.97 Å². The van der Waals surface area contributed by atoms with Crippen molar-refractivity contribution in [2.75, 3.05) is 11.1 Å². The van der Waals surface area contributed by atoms with Crippen LogP contribution in [0.1, 0.15) is 5.56 Å². The van der Waals surface area contributed by atoms with Crippen molar-refractivity contribution >= 4 is 22.4 Å². The molecule has 0 spiro atoms. The summed E-state index contributed by atoms with van der Waals surface area (Å²) in [5.74, 6) is 1.20. The van der Waals surface area contributed by atoms with Crippen LogP contribution in [0.5, 0.6) is 0 Å². The first-order valence-electron chi connectivity index (χ1n) is 6.11. The Labute approximate surface area is 111 Å². The summed E-state index contributed by atoms with van der Waals surface area (Å²) in [4.78, 5) is 8.00. The highest BCUT2D eigenvalue weighted by atomic mass is 15.0. The Balaban J connectivity index is 1.86. The Morgan fingerprint density at radius 2 is 1.84 bits per heavy atom. The molecule has 3 N–H and O–H groups in total. The lowest BCUT2D eigenvalue weighted by Gasteiger charge is -2.08. The third kappa shape index (κ3) is 2.47. The standard InChI is InChI=1S/C15H14N4/c16-14-8-15(19-10-18-14)17-9-12-6-3-5-11-4-1-2-7-13(11)12/h1-8,10H,9H2,(H3,16,17,18,19). The van der Waals surface area contributed by atoms with E-state index >= 15 is 0 Å². The van der Waals surface area contributed by atoms with Gasteiger partial charge in [0.05, 0.1) is 0 Å². The lowest BCUT2D eigenvalue weighted by Crippen LogP contribution is -2.03. The monoisotopic (exact) mass is 250 g/mol. The average molecular weight is 250 g/mol. The zero-order valence-corrected chi connectivity index (χ0v) is 10.4. The molecule has 0 aliphatic rings. The summed E-state index contributed by atoms with van der Waals surface area (Å²) in [6.45, 7) is 0.706.